The first-order chi connectivity index (χ1) is 12.7. The summed E-state index contributed by atoms with van der Waals surface area (Å²) in [5.74, 6) is 0.0882. The Labute approximate surface area is 154 Å². The number of hydrogen-bond donors (Lipinski definition) is 1. The molecule has 4 rings (SSSR count). The Morgan fingerprint density at radius 3 is 2.23 bits per heavy atom. The van der Waals surface area contributed by atoms with Crippen molar-refractivity contribution in [3.05, 3.63) is 84.5 Å². The molecule has 2 aromatic rings. The summed E-state index contributed by atoms with van der Waals surface area (Å²) in [6.45, 7) is 4.16. The molecule has 0 bridgehead atoms. The molecule has 132 valence electrons. The molecule has 0 unspecified atom stereocenters. The molecule has 0 saturated carbocycles. The number of amides is 1. The second-order valence-electron chi connectivity index (χ2n) is 7.10. The molecule has 3 heteroatoms. The Morgan fingerprint density at radius 2 is 1.65 bits per heavy atom. The fourth-order valence-electron chi connectivity index (χ4n) is 4.15. The molecular formula is C23H23NO2. The van der Waals surface area contributed by atoms with Crippen LogP contribution in [0.1, 0.15) is 36.3 Å². The molecular weight excluding hydrogens is 322 g/mol. The van der Waals surface area contributed by atoms with Crippen molar-refractivity contribution >= 4 is 6.09 Å². The lowest BCUT2D eigenvalue weighted by Gasteiger charge is -2.29. The molecule has 1 amide bonds. The first-order valence-corrected chi connectivity index (χ1v) is 9.11. The molecule has 0 aromatic heterocycles. The van der Waals surface area contributed by atoms with E-state index in [9.17, 15) is 4.79 Å². The number of alkyl carbamates (subject to hydrolysis) is 1. The summed E-state index contributed by atoms with van der Waals surface area (Å²) in [5, 5.41) is 3.07. The predicted molar refractivity (Wildman–Crippen MR) is 104 cm³/mol. The van der Waals surface area contributed by atoms with Gasteiger partial charge in [-0.05, 0) is 41.5 Å². The van der Waals surface area contributed by atoms with E-state index in [1.165, 1.54) is 22.3 Å². The second kappa shape index (κ2) is 6.83. The number of ether oxygens (including phenoxy) is 1. The van der Waals surface area contributed by atoms with E-state index < -0.39 is 0 Å². The van der Waals surface area contributed by atoms with Crippen molar-refractivity contribution in [2.45, 2.75) is 30.7 Å². The molecule has 0 aliphatic heterocycles. The third-order valence-electron chi connectivity index (χ3n) is 5.43. The number of fused-ring (bicyclic) bond motifs is 3. The van der Waals surface area contributed by atoms with Crippen LogP contribution in [0.25, 0.3) is 11.1 Å². The standard InChI is InChI=1S/C23H23NO2/c1-2-13-23(14-7-8-15-23)24-22(25)26-16-21-19-11-5-3-9-17(19)18-10-4-6-12-20(18)21/h2-12,21H,1,13-16H2,(H,24,25). The van der Waals surface area contributed by atoms with E-state index in [0.29, 0.717) is 6.61 Å². The summed E-state index contributed by atoms with van der Waals surface area (Å²) in [7, 11) is 0. The molecule has 2 aliphatic carbocycles. The monoisotopic (exact) mass is 345 g/mol. The molecule has 2 aromatic carbocycles. The van der Waals surface area contributed by atoms with Gasteiger partial charge in [0.15, 0.2) is 0 Å². The van der Waals surface area contributed by atoms with E-state index in [0.717, 1.165) is 19.3 Å². The Bertz CT molecular complexity index is 815. The summed E-state index contributed by atoms with van der Waals surface area (Å²) in [4.78, 5) is 12.5. The van der Waals surface area contributed by atoms with Crippen molar-refractivity contribution in [3.63, 3.8) is 0 Å². The molecule has 0 fully saturated rings. The number of rotatable bonds is 5. The number of carbonyl (C=O) groups excluding carboxylic acids is 1. The highest BCUT2D eigenvalue weighted by Crippen LogP contribution is 2.44. The van der Waals surface area contributed by atoms with E-state index in [-0.39, 0.29) is 17.6 Å². The summed E-state index contributed by atoms with van der Waals surface area (Å²) in [6, 6.07) is 16.7. The molecule has 0 saturated heterocycles. The minimum atomic E-state index is -0.350. The minimum absolute atomic E-state index is 0.0882. The van der Waals surface area contributed by atoms with E-state index in [4.69, 9.17) is 4.74 Å². The lowest BCUT2D eigenvalue weighted by Crippen LogP contribution is -2.46. The van der Waals surface area contributed by atoms with Crippen LogP contribution in [0.2, 0.25) is 0 Å². The van der Waals surface area contributed by atoms with Crippen LogP contribution < -0.4 is 5.32 Å². The third-order valence-corrected chi connectivity index (χ3v) is 5.43. The largest absolute Gasteiger partial charge is 0.449 e. The van der Waals surface area contributed by atoms with Gasteiger partial charge in [0.25, 0.3) is 0 Å². The van der Waals surface area contributed by atoms with Crippen LogP contribution in [-0.2, 0) is 4.74 Å². The summed E-state index contributed by atoms with van der Waals surface area (Å²) in [6.07, 6.45) is 8.10. The summed E-state index contributed by atoms with van der Waals surface area (Å²) < 4.78 is 5.66. The molecule has 0 atom stereocenters. The first-order valence-electron chi connectivity index (χ1n) is 9.11. The Morgan fingerprint density at radius 1 is 1.08 bits per heavy atom. The van der Waals surface area contributed by atoms with Gasteiger partial charge in [0.1, 0.15) is 6.61 Å². The van der Waals surface area contributed by atoms with Crippen molar-refractivity contribution in [2.24, 2.45) is 0 Å². The number of carbonyl (C=O) groups is 1. The van der Waals surface area contributed by atoms with Gasteiger partial charge in [-0.3, -0.25) is 0 Å². The van der Waals surface area contributed by atoms with Gasteiger partial charge in [-0.15, -0.1) is 6.58 Å². The van der Waals surface area contributed by atoms with Crippen LogP contribution in [0.15, 0.2) is 73.3 Å². The minimum Gasteiger partial charge on any atom is -0.449 e. The van der Waals surface area contributed by atoms with Gasteiger partial charge in [0.05, 0.1) is 5.54 Å². The van der Waals surface area contributed by atoms with Gasteiger partial charge in [-0.25, -0.2) is 4.79 Å². The van der Waals surface area contributed by atoms with Gasteiger partial charge in [0, 0.05) is 5.92 Å². The zero-order chi connectivity index (χ0) is 18.0. The van der Waals surface area contributed by atoms with Crippen LogP contribution >= 0.6 is 0 Å². The lowest BCUT2D eigenvalue weighted by molar-refractivity contribution is 0.130. The highest BCUT2D eigenvalue weighted by Gasteiger charge is 2.33. The molecule has 0 spiro atoms. The quantitative estimate of drug-likeness (QED) is 0.757. The Hall–Kier alpha value is -2.81. The fraction of sp³-hybridized carbons (Fsp3) is 0.261. The smallest absolute Gasteiger partial charge is 0.407 e. The molecule has 3 nitrogen and oxygen atoms in total. The normalized spacial score (nSPS) is 16.8. The van der Waals surface area contributed by atoms with Gasteiger partial charge < -0.3 is 10.1 Å². The summed E-state index contributed by atoms with van der Waals surface area (Å²) >= 11 is 0. The highest BCUT2D eigenvalue weighted by molar-refractivity contribution is 5.79. The van der Waals surface area contributed by atoms with Crippen LogP contribution in [-0.4, -0.2) is 18.2 Å². The SMILES string of the molecule is C=CCC1(NC(=O)OCC2c3ccccc3-c3ccccc32)CC=CC1. The number of hydrogen-bond acceptors (Lipinski definition) is 2. The van der Waals surface area contributed by atoms with Crippen molar-refractivity contribution < 1.29 is 9.53 Å². The molecule has 26 heavy (non-hydrogen) atoms. The van der Waals surface area contributed by atoms with Crippen molar-refractivity contribution in [2.75, 3.05) is 6.61 Å². The zero-order valence-corrected chi connectivity index (χ0v) is 14.8. The maximum absolute atomic E-state index is 12.5. The molecule has 0 radical (unpaired) electrons. The highest BCUT2D eigenvalue weighted by atomic mass is 16.5. The first kappa shape index (κ1) is 16.6. The van der Waals surface area contributed by atoms with E-state index >= 15 is 0 Å². The molecule has 1 N–H and O–H groups in total. The number of benzene rings is 2. The lowest BCUT2D eigenvalue weighted by atomic mass is 9.92. The van der Waals surface area contributed by atoms with Gasteiger partial charge in [-0.1, -0.05) is 66.8 Å². The van der Waals surface area contributed by atoms with Crippen LogP contribution in [0.5, 0.6) is 0 Å². The van der Waals surface area contributed by atoms with Gasteiger partial charge >= 0.3 is 6.09 Å². The van der Waals surface area contributed by atoms with Crippen molar-refractivity contribution in [1.29, 1.82) is 0 Å². The Kier molecular flexibility index (Phi) is 4.37. The van der Waals surface area contributed by atoms with E-state index in [1.807, 2.05) is 18.2 Å². The average Bonchev–Trinajstić information content (AvgIpc) is 3.23. The van der Waals surface area contributed by atoms with E-state index in [1.54, 1.807) is 0 Å². The average molecular weight is 345 g/mol. The van der Waals surface area contributed by atoms with E-state index in [2.05, 4.69) is 60.4 Å². The Balaban J connectivity index is 1.48. The summed E-state index contributed by atoms with van der Waals surface area (Å²) in [5.41, 5.74) is 4.65. The second-order valence-corrected chi connectivity index (χ2v) is 7.10. The molecule has 2 aliphatic rings. The van der Waals surface area contributed by atoms with Gasteiger partial charge in [-0.2, -0.15) is 0 Å². The fourth-order valence-corrected chi connectivity index (χ4v) is 4.15. The van der Waals surface area contributed by atoms with Crippen molar-refractivity contribution in [3.8, 4) is 11.1 Å². The maximum atomic E-state index is 12.5. The van der Waals surface area contributed by atoms with Crippen molar-refractivity contribution in [1.82, 2.24) is 5.32 Å². The topological polar surface area (TPSA) is 38.3 Å². The van der Waals surface area contributed by atoms with Crippen LogP contribution in [0.4, 0.5) is 4.79 Å². The third kappa shape index (κ3) is 2.94. The zero-order valence-electron chi connectivity index (χ0n) is 14.8. The van der Waals surface area contributed by atoms with Crippen LogP contribution in [0.3, 0.4) is 0 Å². The predicted octanol–water partition coefficient (Wildman–Crippen LogP) is 5.19. The van der Waals surface area contributed by atoms with Crippen LogP contribution in [0, 0.1) is 0 Å². The molecule has 0 heterocycles. The van der Waals surface area contributed by atoms with Gasteiger partial charge in [0.2, 0.25) is 0 Å². The number of nitrogens with one attached hydrogen (secondary N) is 1. The maximum Gasteiger partial charge on any atom is 0.407 e.